The van der Waals surface area contributed by atoms with Gasteiger partial charge in [0.15, 0.2) is 17.3 Å². The summed E-state index contributed by atoms with van der Waals surface area (Å²) in [6.07, 6.45) is 5.45. The molecule has 0 atom stereocenters. The van der Waals surface area contributed by atoms with Gasteiger partial charge in [0, 0.05) is 19.3 Å². The van der Waals surface area contributed by atoms with E-state index in [9.17, 15) is 4.79 Å². The number of rotatable bonds is 2. The molecule has 2 amide bonds. The Labute approximate surface area is 151 Å². The molecule has 0 spiro atoms. The first-order valence-corrected chi connectivity index (χ1v) is 8.71. The number of amides is 2. The van der Waals surface area contributed by atoms with Crippen molar-refractivity contribution in [2.24, 2.45) is 0 Å². The average molecular weight is 352 g/mol. The number of likely N-dealkylation sites (tertiary alicyclic amines) is 1. The van der Waals surface area contributed by atoms with Gasteiger partial charge in [-0.05, 0) is 42.7 Å². The van der Waals surface area contributed by atoms with Crippen molar-refractivity contribution in [3.05, 3.63) is 47.7 Å². The number of carbonyl (C=O) groups excluding carboxylic acids is 1. The number of aromatic nitrogens is 2. The van der Waals surface area contributed by atoms with Gasteiger partial charge in [0.2, 0.25) is 0 Å². The molecule has 0 unspecified atom stereocenters. The minimum atomic E-state index is -0.135. The molecule has 1 aromatic heterocycles. The highest BCUT2D eigenvalue weighted by Gasteiger charge is 2.19. The number of hydrogen-bond donors (Lipinski definition) is 1. The van der Waals surface area contributed by atoms with Crippen molar-refractivity contribution in [1.29, 1.82) is 0 Å². The van der Waals surface area contributed by atoms with E-state index in [0.717, 1.165) is 29.9 Å². The highest BCUT2D eigenvalue weighted by Crippen LogP contribution is 2.32. The third-order valence-corrected chi connectivity index (χ3v) is 4.44. The number of ether oxygens (including phenoxy) is 2. The van der Waals surface area contributed by atoms with Crippen molar-refractivity contribution in [2.75, 3.05) is 31.6 Å². The zero-order chi connectivity index (χ0) is 17.8. The lowest BCUT2D eigenvalue weighted by atomic mass is 10.0. The molecule has 2 aliphatic heterocycles. The van der Waals surface area contributed by atoms with Crippen LogP contribution < -0.4 is 14.8 Å². The minimum Gasteiger partial charge on any atom is -0.486 e. The minimum absolute atomic E-state index is 0.135. The molecular formula is C19H20N4O3. The Kier molecular flexibility index (Phi) is 4.68. The summed E-state index contributed by atoms with van der Waals surface area (Å²) in [5, 5.41) is 10.4. The average Bonchev–Trinajstić information content (AvgIpc) is 2.69. The van der Waals surface area contributed by atoms with Crippen molar-refractivity contribution in [3.63, 3.8) is 0 Å². The Morgan fingerprint density at radius 1 is 1.12 bits per heavy atom. The van der Waals surface area contributed by atoms with Crippen LogP contribution in [0, 0.1) is 0 Å². The first-order chi connectivity index (χ1) is 12.8. The van der Waals surface area contributed by atoms with Crippen LogP contribution in [-0.2, 0) is 0 Å². The van der Waals surface area contributed by atoms with E-state index in [1.165, 1.54) is 5.57 Å². The van der Waals surface area contributed by atoms with E-state index in [0.29, 0.717) is 32.1 Å². The van der Waals surface area contributed by atoms with E-state index in [-0.39, 0.29) is 6.03 Å². The highest BCUT2D eigenvalue weighted by molar-refractivity contribution is 5.88. The number of carbonyl (C=O) groups is 1. The summed E-state index contributed by atoms with van der Waals surface area (Å²) in [5.74, 6) is 2.07. The van der Waals surface area contributed by atoms with Crippen molar-refractivity contribution in [3.8, 4) is 11.5 Å². The molecular weight excluding hydrogens is 332 g/mol. The lowest BCUT2D eigenvalue weighted by Crippen LogP contribution is -2.39. The van der Waals surface area contributed by atoms with Crippen molar-refractivity contribution in [2.45, 2.75) is 12.8 Å². The van der Waals surface area contributed by atoms with Crippen molar-refractivity contribution in [1.82, 2.24) is 15.1 Å². The van der Waals surface area contributed by atoms with Crippen LogP contribution in [0.15, 0.2) is 42.1 Å². The van der Waals surface area contributed by atoms with E-state index < -0.39 is 0 Å². The van der Waals surface area contributed by atoms with Gasteiger partial charge in [0.1, 0.15) is 13.2 Å². The van der Waals surface area contributed by atoms with Crippen LogP contribution >= 0.6 is 0 Å². The number of urea groups is 1. The largest absolute Gasteiger partial charge is 0.486 e. The maximum Gasteiger partial charge on any atom is 0.323 e. The van der Waals surface area contributed by atoms with Crippen LogP contribution in [0.25, 0.3) is 6.08 Å². The third kappa shape index (κ3) is 3.77. The molecule has 1 saturated heterocycles. The number of anilines is 1. The molecule has 0 saturated carbocycles. The van der Waals surface area contributed by atoms with E-state index in [4.69, 9.17) is 9.47 Å². The summed E-state index contributed by atoms with van der Waals surface area (Å²) < 4.78 is 11.2. The SMILES string of the molecule is O=C(Nc1cccnn1)N1CCC(=Cc2ccc3c(c2)OCCO3)CC1. The standard InChI is InChI=1S/C19H20N4O3/c24-19(21-18-2-1-7-20-22-18)23-8-5-14(6-9-23)12-15-3-4-16-17(13-15)26-11-10-25-16/h1-4,7,12-13H,5-6,8-11H2,(H,21,22,24). The Morgan fingerprint density at radius 2 is 1.92 bits per heavy atom. The number of piperidine rings is 1. The molecule has 1 aromatic carbocycles. The Balaban J connectivity index is 1.36. The van der Waals surface area contributed by atoms with Gasteiger partial charge in [0.05, 0.1) is 0 Å². The van der Waals surface area contributed by atoms with E-state index in [2.05, 4.69) is 21.6 Å². The molecule has 0 radical (unpaired) electrons. The van der Waals surface area contributed by atoms with Gasteiger partial charge in [-0.15, -0.1) is 5.10 Å². The number of hydrogen-bond acceptors (Lipinski definition) is 5. The molecule has 1 fully saturated rings. The summed E-state index contributed by atoms with van der Waals surface area (Å²) in [7, 11) is 0. The van der Waals surface area contributed by atoms with Crippen LogP contribution in [0.4, 0.5) is 10.6 Å². The van der Waals surface area contributed by atoms with Gasteiger partial charge in [-0.3, -0.25) is 5.32 Å². The number of benzene rings is 1. The summed E-state index contributed by atoms with van der Waals surface area (Å²) >= 11 is 0. The summed E-state index contributed by atoms with van der Waals surface area (Å²) in [6.45, 7) is 2.55. The van der Waals surface area contributed by atoms with Gasteiger partial charge >= 0.3 is 6.03 Å². The zero-order valence-electron chi connectivity index (χ0n) is 14.4. The van der Waals surface area contributed by atoms with Crippen molar-refractivity contribution < 1.29 is 14.3 Å². The van der Waals surface area contributed by atoms with Crippen LogP contribution in [-0.4, -0.2) is 47.4 Å². The lowest BCUT2D eigenvalue weighted by Gasteiger charge is -2.28. The number of nitrogens with zero attached hydrogens (tertiary/aromatic N) is 3. The number of nitrogens with one attached hydrogen (secondary N) is 1. The lowest BCUT2D eigenvalue weighted by molar-refractivity contribution is 0.171. The molecule has 7 heteroatoms. The maximum atomic E-state index is 12.3. The van der Waals surface area contributed by atoms with Gasteiger partial charge in [-0.25, -0.2) is 4.79 Å². The Bertz CT molecular complexity index is 813. The smallest absolute Gasteiger partial charge is 0.323 e. The molecule has 7 nitrogen and oxygen atoms in total. The predicted molar refractivity (Wildman–Crippen MR) is 97.3 cm³/mol. The molecule has 3 heterocycles. The quantitative estimate of drug-likeness (QED) is 0.899. The summed E-state index contributed by atoms with van der Waals surface area (Å²) in [4.78, 5) is 14.1. The molecule has 2 aliphatic rings. The van der Waals surface area contributed by atoms with Gasteiger partial charge < -0.3 is 14.4 Å². The first kappa shape index (κ1) is 16.4. The summed E-state index contributed by atoms with van der Waals surface area (Å²) in [6, 6.07) is 9.32. The second-order valence-electron chi connectivity index (χ2n) is 6.23. The van der Waals surface area contributed by atoms with Crippen LogP contribution in [0.2, 0.25) is 0 Å². The molecule has 134 valence electrons. The van der Waals surface area contributed by atoms with Gasteiger partial charge in [0.25, 0.3) is 0 Å². The van der Waals surface area contributed by atoms with Crippen LogP contribution in [0.1, 0.15) is 18.4 Å². The molecule has 4 rings (SSSR count). The van der Waals surface area contributed by atoms with E-state index in [1.54, 1.807) is 23.2 Å². The first-order valence-electron chi connectivity index (χ1n) is 8.71. The molecule has 0 bridgehead atoms. The fourth-order valence-corrected chi connectivity index (χ4v) is 3.08. The highest BCUT2D eigenvalue weighted by atomic mass is 16.6. The summed E-state index contributed by atoms with van der Waals surface area (Å²) in [5.41, 5.74) is 2.42. The fourth-order valence-electron chi connectivity index (χ4n) is 3.08. The second kappa shape index (κ2) is 7.43. The number of fused-ring (bicyclic) bond motifs is 1. The van der Waals surface area contributed by atoms with Crippen LogP contribution in [0.3, 0.4) is 0 Å². The molecule has 26 heavy (non-hydrogen) atoms. The van der Waals surface area contributed by atoms with E-state index >= 15 is 0 Å². The zero-order valence-corrected chi connectivity index (χ0v) is 14.4. The normalized spacial score (nSPS) is 16.2. The molecule has 1 N–H and O–H groups in total. The Morgan fingerprint density at radius 3 is 2.69 bits per heavy atom. The van der Waals surface area contributed by atoms with E-state index in [1.807, 2.05) is 18.2 Å². The molecule has 2 aromatic rings. The second-order valence-corrected chi connectivity index (χ2v) is 6.23. The van der Waals surface area contributed by atoms with Crippen molar-refractivity contribution >= 4 is 17.9 Å². The Hall–Kier alpha value is -3.09. The van der Waals surface area contributed by atoms with Crippen LogP contribution in [0.5, 0.6) is 11.5 Å². The van der Waals surface area contributed by atoms with Gasteiger partial charge in [-0.2, -0.15) is 5.10 Å². The predicted octanol–water partition coefficient (Wildman–Crippen LogP) is 2.96. The monoisotopic (exact) mass is 352 g/mol. The topological polar surface area (TPSA) is 76.6 Å². The maximum absolute atomic E-state index is 12.3. The third-order valence-electron chi connectivity index (χ3n) is 4.44. The van der Waals surface area contributed by atoms with Gasteiger partial charge in [-0.1, -0.05) is 17.7 Å². The fraction of sp³-hybridized carbons (Fsp3) is 0.316. The molecule has 0 aliphatic carbocycles.